The smallest absolute Gasteiger partial charge is 0.253 e. The molecule has 3 rings (SSSR count). The molecule has 0 radical (unpaired) electrons. The van der Waals surface area contributed by atoms with Crippen LogP contribution in [-0.4, -0.2) is 22.8 Å². The standard InChI is InChI=1S/C22H22ClN3O2S/c1-12-9-13(2)19(14(3)10-12)18-11-29-22(25-18)26-20(27)15(4)24-21(28)16-7-5-6-8-17(16)23/h5-11,15H,1-4H3,(H,24,28)(H,25,26,27)/t15-/m0/s1. The van der Waals surface area contributed by atoms with Crippen molar-refractivity contribution in [1.82, 2.24) is 10.3 Å². The van der Waals surface area contributed by atoms with Gasteiger partial charge in [0.05, 0.1) is 16.3 Å². The highest BCUT2D eigenvalue weighted by Gasteiger charge is 2.19. The van der Waals surface area contributed by atoms with Crippen LogP contribution in [0.25, 0.3) is 11.3 Å². The number of hydrogen-bond donors (Lipinski definition) is 2. The van der Waals surface area contributed by atoms with Gasteiger partial charge in [0.1, 0.15) is 6.04 Å². The summed E-state index contributed by atoms with van der Waals surface area (Å²) < 4.78 is 0. The van der Waals surface area contributed by atoms with Gasteiger partial charge >= 0.3 is 0 Å². The van der Waals surface area contributed by atoms with E-state index in [4.69, 9.17) is 11.6 Å². The molecule has 0 bridgehead atoms. The monoisotopic (exact) mass is 427 g/mol. The molecular formula is C22H22ClN3O2S. The summed E-state index contributed by atoms with van der Waals surface area (Å²) in [6, 6.07) is 10.2. The Morgan fingerprint density at radius 3 is 2.41 bits per heavy atom. The van der Waals surface area contributed by atoms with Gasteiger partial charge in [-0.1, -0.05) is 41.4 Å². The highest BCUT2D eigenvalue weighted by atomic mass is 35.5. The minimum Gasteiger partial charge on any atom is -0.340 e. The van der Waals surface area contributed by atoms with Gasteiger partial charge in [0.25, 0.3) is 5.91 Å². The summed E-state index contributed by atoms with van der Waals surface area (Å²) in [5.41, 5.74) is 5.73. The van der Waals surface area contributed by atoms with E-state index >= 15 is 0 Å². The van der Waals surface area contributed by atoms with E-state index < -0.39 is 11.9 Å². The zero-order valence-corrected chi connectivity index (χ0v) is 18.2. The second kappa shape index (κ2) is 8.76. The maximum absolute atomic E-state index is 12.5. The van der Waals surface area contributed by atoms with Crippen LogP contribution in [0.2, 0.25) is 5.02 Å². The van der Waals surface area contributed by atoms with Crippen LogP contribution in [0.1, 0.15) is 34.0 Å². The van der Waals surface area contributed by atoms with E-state index in [1.54, 1.807) is 31.2 Å². The maximum Gasteiger partial charge on any atom is 0.253 e. The lowest BCUT2D eigenvalue weighted by Crippen LogP contribution is -2.41. The summed E-state index contributed by atoms with van der Waals surface area (Å²) in [7, 11) is 0. The van der Waals surface area contributed by atoms with Gasteiger partial charge in [0.2, 0.25) is 5.91 Å². The van der Waals surface area contributed by atoms with Crippen molar-refractivity contribution >= 4 is 39.9 Å². The zero-order valence-electron chi connectivity index (χ0n) is 16.7. The molecule has 0 unspecified atom stereocenters. The van der Waals surface area contributed by atoms with Crippen LogP contribution in [-0.2, 0) is 4.79 Å². The number of carbonyl (C=O) groups is 2. The van der Waals surface area contributed by atoms with Crippen LogP contribution in [0.15, 0.2) is 41.8 Å². The number of aryl methyl sites for hydroxylation is 3. The third-order valence-corrected chi connectivity index (χ3v) is 5.61. The van der Waals surface area contributed by atoms with Crippen molar-refractivity contribution in [2.75, 3.05) is 5.32 Å². The molecular weight excluding hydrogens is 406 g/mol. The average Bonchev–Trinajstić information content (AvgIpc) is 3.08. The van der Waals surface area contributed by atoms with Crippen molar-refractivity contribution in [3.8, 4) is 11.3 Å². The molecule has 0 aliphatic carbocycles. The minimum atomic E-state index is -0.742. The maximum atomic E-state index is 12.5. The molecule has 0 spiro atoms. The van der Waals surface area contributed by atoms with Gasteiger partial charge in [0, 0.05) is 10.9 Å². The highest BCUT2D eigenvalue weighted by Crippen LogP contribution is 2.31. The fourth-order valence-electron chi connectivity index (χ4n) is 3.23. The molecule has 2 aromatic carbocycles. The van der Waals surface area contributed by atoms with Crippen molar-refractivity contribution < 1.29 is 9.59 Å². The molecule has 2 amide bonds. The first kappa shape index (κ1) is 21.0. The Balaban J connectivity index is 1.69. The number of aromatic nitrogens is 1. The van der Waals surface area contributed by atoms with Crippen LogP contribution in [0.4, 0.5) is 5.13 Å². The van der Waals surface area contributed by atoms with Gasteiger partial charge in [-0.25, -0.2) is 4.98 Å². The van der Waals surface area contributed by atoms with E-state index in [2.05, 4.69) is 48.5 Å². The number of thiazole rings is 1. The molecule has 150 valence electrons. The van der Waals surface area contributed by atoms with Gasteiger partial charge in [-0.2, -0.15) is 0 Å². The number of halogens is 1. The SMILES string of the molecule is Cc1cc(C)c(-c2csc(NC(=O)[C@H](C)NC(=O)c3ccccc3Cl)n2)c(C)c1. The summed E-state index contributed by atoms with van der Waals surface area (Å²) >= 11 is 7.39. The molecule has 2 N–H and O–H groups in total. The molecule has 3 aromatic rings. The van der Waals surface area contributed by atoms with E-state index in [1.165, 1.54) is 16.9 Å². The average molecular weight is 428 g/mol. The molecule has 29 heavy (non-hydrogen) atoms. The Kier molecular flexibility index (Phi) is 6.35. The molecule has 0 fully saturated rings. The van der Waals surface area contributed by atoms with Crippen molar-refractivity contribution in [1.29, 1.82) is 0 Å². The van der Waals surface area contributed by atoms with E-state index in [9.17, 15) is 9.59 Å². The van der Waals surface area contributed by atoms with Crippen molar-refractivity contribution in [2.24, 2.45) is 0 Å². The van der Waals surface area contributed by atoms with Crippen molar-refractivity contribution in [3.05, 3.63) is 69.1 Å². The Bertz CT molecular complexity index is 1050. The van der Waals surface area contributed by atoms with Crippen LogP contribution in [0, 0.1) is 20.8 Å². The second-order valence-electron chi connectivity index (χ2n) is 6.98. The first-order chi connectivity index (χ1) is 13.8. The molecule has 7 heteroatoms. The Labute approximate surface area is 179 Å². The third-order valence-electron chi connectivity index (χ3n) is 4.53. The number of rotatable bonds is 5. The Hall–Kier alpha value is -2.70. The first-order valence-corrected chi connectivity index (χ1v) is 10.4. The Morgan fingerprint density at radius 2 is 1.76 bits per heavy atom. The lowest BCUT2D eigenvalue weighted by Gasteiger charge is -2.13. The quantitative estimate of drug-likeness (QED) is 0.591. The number of amides is 2. The predicted octanol–water partition coefficient (Wildman–Crippen LogP) is 5.15. The molecule has 0 aliphatic heterocycles. The first-order valence-electron chi connectivity index (χ1n) is 9.16. The molecule has 1 atom stereocenters. The molecule has 0 saturated heterocycles. The normalized spacial score (nSPS) is 11.8. The van der Waals surface area contributed by atoms with E-state index in [0.717, 1.165) is 22.4 Å². The van der Waals surface area contributed by atoms with Gasteiger partial charge in [-0.15, -0.1) is 11.3 Å². The summed E-state index contributed by atoms with van der Waals surface area (Å²) in [5.74, 6) is -0.743. The number of benzene rings is 2. The topological polar surface area (TPSA) is 71.1 Å². The van der Waals surface area contributed by atoms with Gasteiger partial charge in [-0.05, 0) is 51.0 Å². The van der Waals surface area contributed by atoms with Crippen LogP contribution in [0.5, 0.6) is 0 Å². The third kappa shape index (κ3) is 4.83. The zero-order chi connectivity index (χ0) is 21.1. The highest BCUT2D eigenvalue weighted by molar-refractivity contribution is 7.14. The number of nitrogens with zero attached hydrogens (tertiary/aromatic N) is 1. The van der Waals surface area contributed by atoms with Gasteiger partial charge in [-0.3, -0.25) is 9.59 Å². The van der Waals surface area contributed by atoms with E-state index in [1.807, 2.05) is 5.38 Å². The molecule has 0 saturated carbocycles. The second-order valence-corrected chi connectivity index (χ2v) is 8.24. The van der Waals surface area contributed by atoms with Crippen LogP contribution < -0.4 is 10.6 Å². The fraction of sp³-hybridized carbons (Fsp3) is 0.227. The van der Waals surface area contributed by atoms with E-state index in [0.29, 0.717) is 15.7 Å². The Morgan fingerprint density at radius 1 is 1.10 bits per heavy atom. The summed E-state index contributed by atoms with van der Waals surface area (Å²) in [5, 5.41) is 8.19. The largest absolute Gasteiger partial charge is 0.340 e. The lowest BCUT2D eigenvalue weighted by molar-refractivity contribution is -0.117. The van der Waals surface area contributed by atoms with E-state index in [-0.39, 0.29) is 5.91 Å². The number of anilines is 1. The molecule has 1 heterocycles. The van der Waals surface area contributed by atoms with Crippen LogP contribution in [0.3, 0.4) is 0 Å². The molecule has 1 aromatic heterocycles. The van der Waals surface area contributed by atoms with Crippen molar-refractivity contribution in [2.45, 2.75) is 33.7 Å². The number of carbonyl (C=O) groups excluding carboxylic acids is 2. The molecule has 5 nitrogen and oxygen atoms in total. The molecule has 0 aliphatic rings. The van der Waals surface area contributed by atoms with Gasteiger partial charge < -0.3 is 10.6 Å². The summed E-state index contributed by atoms with van der Waals surface area (Å²) in [6.45, 7) is 7.79. The minimum absolute atomic E-state index is 0.329. The van der Waals surface area contributed by atoms with Crippen LogP contribution >= 0.6 is 22.9 Å². The van der Waals surface area contributed by atoms with Crippen molar-refractivity contribution in [3.63, 3.8) is 0 Å². The number of hydrogen-bond acceptors (Lipinski definition) is 4. The predicted molar refractivity (Wildman–Crippen MR) is 119 cm³/mol. The summed E-state index contributed by atoms with van der Waals surface area (Å²) in [6.07, 6.45) is 0. The number of nitrogens with one attached hydrogen (secondary N) is 2. The fourth-order valence-corrected chi connectivity index (χ4v) is 4.15. The van der Waals surface area contributed by atoms with Gasteiger partial charge in [0.15, 0.2) is 5.13 Å². The summed E-state index contributed by atoms with van der Waals surface area (Å²) in [4.78, 5) is 29.4. The lowest BCUT2D eigenvalue weighted by atomic mass is 9.98.